The molecule has 1 aromatic rings. The standard InChI is InChI=1S/C13H18N2O4S/c1-10(13(16)17)20(18,19)14-11-6-2-3-7-12(11)15-8-4-5-9-15/h2-3,6-7,10,14H,4-5,8-9H2,1H3,(H,16,17). The van der Waals surface area contributed by atoms with Crippen molar-refractivity contribution in [1.82, 2.24) is 0 Å². The van der Waals surface area contributed by atoms with Gasteiger partial charge in [0.15, 0.2) is 5.25 Å². The van der Waals surface area contributed by atoms with Crippen LogP contribution in [-0.2, 0) is 14.8 Å². The van der Waals surface area contributed by atoms with Gasteiger partial charge in [0.2, 0.25) is 10.0 Å². The van der Waals surface area contributed by atoms with Crippen molar-refractivity contribution in [3.05, 3.63) is 24.3 Å². The van der Waals surface area contributed by atoms with E-state index in [1.807, 2.05) is 12.1 Å². The Morgan fingerprint density at radius 1 is 1.30 bits per heavy atom. The lowest BCUT2D eigenvalue weighted by atomic mass is 10.2. The van der Waals surface area contributed by atoms with Crippen LogP contribution in [0.15, 0.2) is 24.3 Å². The van der Waals surface area contributed by atoms with E-state index in [0.717, 1.165) is 38.5 Å². The van der Waals surface area contributed by atoms with Gasteiger partial charge in [0, 0.05) is 13.1 Å². The predicted octanol–water partition coefficient (Wildman–Crippen LogP) is 1.50. The third-order valence-electron chi connectivity index (χ3n) is 3.42. The Labute approximate surface area is 118 Å². The lowest BCUT2D eigenvalue weighted by Gasteiger charge is -2.22. The summed E-state index contributed by atoms with van der Waals surface area (Å²) in [5.74, 6) is -1.36. The highest BCUT2D eigenvalue weighted by Crippen LogP contribution is 2.29. The number of nitrogens with zero attached hydrogens (tertiary/aromatic N) is 1. The van der Waals surface area contributed by atoms with E-state index in [1.165, 1.54) is 0 Å². The molecule has 7 heteroatoms. The van der Waals surface area contributed by atoms with Gasteiger partial charge in [-0.15, -0.1) is 0 Å². The summed E-state index contributed by atoms with van der Waals surface area (Å²) >= 11 is 0. The molecular weight excluding hydrogens is 280 g/mol. The quantitative estimate of drug-likeness (QED) is 0.860. The Morgan fingerprint density at radius 2 is 1.90 bits per heavy atom. The molecule has 2 N–H and O–H groups in total. The van der Waals surface area contributed by atoms with E-state index in [-0.39, 0.29) is 0 Å². The summed E-state index contributed by atoms with van der Waals surface area (Å²) in [5.41, 5.74) is 1.23. The maximum Gasteiger partial charge on any atom is 0.323 e. The number of sulfonamides is 1. The number of aliphatic carboxylic acids is 1. The third-order valence-corrected chi connectivity index (χ3v) is 5.05. The lowest BCUT2D eigenvalue weighted by molar-refractivity contribution is -0.136. The molecule has 1 saturated heterocycles. The number of rotatable bonds is 5. The zero-order valence-electron chi connectivity index (χ0n) is 11.2. The molecule has 0 saturated carbocycles. The molecule has 0 radical (unpaired) electrons. The molecule has 1 atom stereocenters. The first kappa shape index (κ1) is 14.6. The third kappa shape index (κ3) is 3.04. The van der Waals surface area contributed by atoms with Gasteiger partial charge in [-0.25, -0.2) is 8.42 Å². The van der Waals surface area contributed by atoms with Gasteiger partial charge < -0.3 is 10.0 Å². The van der Waals surface area contributed by atoms with Gasteiger partial charge in [-0.3, -0.25) is 9.52 Å². The van der Waals surface area contributed by atoms with Gasteiger partial charge in [-0.05, 0) is 31.9 Å². The number of hydrogen-bond acceptors (Lipinski definition) is 4. The highest BCUT2D eigenvalue weighted by atomic mass is 32.2. The van der Waals surface area contributed by atoms with E-state index in [4.69, 9.17) is 5.11 Å². The molecule has 1 fully saturated rings. The van der Waals surface area contributed by atoms with Crippen molar-refractivity contribution >= 4 is 27.4 Å². The Balaban J connectivity index is 2.27. The van der Waals surface area contributed by atoms with Crippen LogP contribution in [0.2, 0.25) is 0 Å². The van der Waals surface area contributed by atoms with Crippen LogP contribution in [0.25, 0.3) is 0 Å². The van der Waals surface area contributed by atoms with Crippen molar-refractivity contribution in [2.75, 3.05) is 22.7 Å². The van der Waals surface area contributed by atoms with E-state index < -0.39 is 21.2 Å². The summed E-state index contributed by atoms with van der Waals surface area (Å²) in [6.45, 7) is 2.92. The van der Waals surface area contributed by atoms with Gasteiger partial charge >= 0.3 is 5.97 Å². The molecule has 0 aromatic heterocycles. The summed E-state index contributed by atoms with van der Waals surface area (Å²) in [6.07, 6.45) is 2.15. The first-order valence-electron chi connectivity index (χ1n) is 6.50. The van der Waals surface area contributed by atoms with Crippen LogP contribution in [0.4, 0.5) is 11.4 Å². The Hall–Kier alpha value is -1.76. The molecule has 1 aliphatic rings. The number of benzene rings is 1. The van der Waals surface area contributed by atoms with Crippen LogP contribution < -0.4 is 9.62 Å². The number of nitrogens with one attached hydrogen (secondary N) is 1. The fourth-order valence-electron chi connectivity index (χ4n) is 2.17. The monoisotopic (exact) mass is 298 g/mol. The maximum absolute atomic E-state index is 12.0. The molecule has 0 bridgehead atoms. The minimum absolute atomic E-state index is 0.433. The average molecular weight is 298 g/mol. The van der Waals surface area contributed by atoms with Crippen LogP contribution in [0.3, 0.4) is 0 Å². The first-order valence-corrected chi connectivity index (χ1v) is 8.05. The molecule has 0 spiro atoms. The summed E-state index contributed by atoms with van der Waals surface area (Å²) in [5, 5.41) is 7.36. The van der Waals surface area contributed by atoms with E-state index in [0.29, 0.717) is 5.69 Å². The highest BCUT2D eigenvalue weighted by Gasteiger charge is 2.28. The molecule has 1 aliphatic heterocycles. The Morgan fingerprint density at radius 3 is 2.50 bits per heavy atom. The number of para-hydroxylation sites is 2. The Bertz CT molecular complexity index is 594. The molecular formula is C13H18N2O4S. The molecule has 0 amide bonds. The normalized spacial score (nSPS) is 16.9. The summed E-state index contributed by atoms with van der Waals surface area (Å²) in [7, 11) is -3.94. The topological polar surface area (TPSA) is 86.7 Å². The Kier molecular flexibility index (Phi) is 4.17. The van der Waals surface area contributed by atoms with Crippen molar-refractivity contribution in [1.29, 1.82) is 0 Å². The highest BCUT2D eigenvalue weighted by molar-refractivity contribution is 7.94. The first-order chi connectivity index (χ1) is 9.42. The van der Waals surface area contributed by atoms with E-state index >= 15 is 0 Å². The zero-order chi connectivity index (χ0) is 14.8. The zero-order valence-corrected chi connectivity index (χ0v) is 12.1. The summed E-state index contributed by atoms with van der Waals surface area (Å²) in [4.78, 5) is 12.9. The molecule has 0 aliphatic carbocycles. The molecule has 1 unspecified atom stereocenters. The largest absolute Gasteiger partial charge is 0.480 e. The minimum atomic E-state index is -3.94. The van der Waals surface area contributed by atoms with E-state index in [2.05, 4.69) is 9.62 Å². The van der Waals surface area contributed by atoms with Crippen molar-refractivity contribution in [2.45, 2.75) is 25.0 Å². The SMILES string of the molecule is CC(C(=O)O)S(=O)(=O)Nc1ccccc1N1CCCC1. The second-order valence-corrected chi connectivity index (χ2v) is 6.84. The fraction of sp³-hybridized carbons (Fsp3) is 0.462. The number of carbonyl (C=O) groups is 1. The molecule has 6 nitrogen and oxygen atoms in total. The number of anilines is 2. The average Bonchev–Trinajstić information content (AvgIpc) is 2.91. The lowest BCUT2D eigenvalue weighted by Crippen LogP contribution is -2.32. The van der Waals surface area contributed by atoms with Gasteiger partial charge in [0.25, 0.3) is 0 Å². The van der Waals surface area contributed by atoms with Gasteiger partial charge in [-0.2, -0.15) is 0 Å². The minimum Gasteiger partial charge on any atom is -0.480 e. The van der Waals surface area contributed by atoms with Crippen LogP contribution in [0.1, 0.15) is 19.8 Å². The number of carboxylic acid groups (broad SMARTS) is 1. The van der Waals surface area contributed by atoms with E-state index in [1.54, 1.807) is 12.1 Å². The summed E-state index contributed by atoms with van der Waals surface area (Å²) < 4.78 is 26.4. The predicted molar refractivity (Wildman–Crippen MR) is 77.5 cm³/mol. The van der Waals surface area contributed by atoms with E-state index in [9.17, 15) is 13.2 Å². The second-order valence-electron chi connectivity index (χ2n) is 4.84. The van der Waals surface area contributed by atoms with Gasteiger partial charge in [0.1, 0.15) is 0 Å². The summed E-state index contributed by atoms with van der Waals surface area (Å²) in [6, 6.07) is 7.06. The van der Waals surface area contributed by atoms with Crippen LogP contribution >= 0.6 is 0 Å². The van der Waals surface area contributed by atoms with Crippen molar-refractivity contribution in [3.8, 4) is 0 Å². The van der Waals surface area contributed by atoms with Crippen molar-refractivity contribution in [3.63, 3.8) is 0 Å². The van der Waals surface area contributed by atoms with Gasteiger partial charge in [-0.1, -0.05) is 12.1 Å². The fourth-order valence-corrected chi connectivity index (χ4v) is 3.09. The molecule has 110 valence electrons. The van der Waals surface area contributed by atoms with Crippen LogP contribution in [0.5, 0.6) is 0 Å². The van der Waals surface area contributed by atoms with Crippen molar-refractivity contribution < 1.29 is 18.3 Å². The maximum atomic E-state index is 12.0. The molecule has 2 rings (SSSR count). The number of carboxylic acids is 1. The number of hydrogen-bond donors (Lipinski definition) is 2. The van der Waals surface area contributed by atoms with Gasteiger partial charge in [0.05, 0.1) is 11.4 Å². The smallest absolute Gasteiger partial charge is 0.323 e. The van der Waals surface area contributed by atoms with Crippen LogP contribution in [-0.4, -0.2) is 37.8 Å². The molecule has 20 heavy (non-hydrogen) atoms. The van der Waals surface area contributed by atoms with Crippen LogP contribution in [0, 0.1) is 0 Å². The van der Waals surface area contributed by atoms with Crippen molar-refractivity contribution in [2.24, 2.45) is 0 Å². The molecule has 1 aromatic carbocycles. The molecule has 1 heterocycles. The second kappa shape index (κ2) is 5.70.